The van der Waals surface area contributed by atoms with Crippen LogP contribution in [-0.4, -0.2) is 20.4 Å². The Morgan fingerprint density at radius 1 is 0.660 bits per heavy atom. The molecule has 3 heteroatoms. The Balaban J connectivity index is 0.000000648. The van der Waals surface area contributed by atoms with Gasteiger partial charge < -0.3 is 10.6 Å². The number of benzene rings is 5. The van der Waals surface area contributed by atoms with Gasteiger partial charge in [0.05, 0.1) is 0 Å². The lowest BCUT2D eigenvalue weighted by molar-refractivity contribution is 0.112. The van der Waals surface area contributed by atoms with Gasteiger partial charge in [0, 0.05) is 37.5 Å². The zero-order valence-corrected chi connectivity index (χ0v) is 33.7. The van der Waals surface area contributed by atoms with E-state index in [0.717, 1.165) is 41.6 Å². The quantitative estimate of drug-likeness (QED) is 0.0910. The second-order valence-electron chi connectivity index (χ2n) is 12.1. The zero-order valence-electron chi connectivity index (χ0n) is 33.7. The Labute approximate surface area is 322 Å². The lowest BCUT2D eigenvalue weighted by atomic mass is 10.1. The summed E-state index contributed by atoms with van der Waals surface area (Å²) in [6.45, 7) is 19.8. The van der Waals surface area contributed by atoms with Gasteiger partial charge in [-0.25, -0.2) is 0 Å². The molecule has 53 heavy (non-hydrogen) atoms. The molecule has 0 unspecified atom stereocenters. The fraction of sp³-hybridized carbons (Fsp3) is 0.240. The number of unbranched alkanes of at least 4 members (excludes halogenated alkanes) is 1. The molecule has 0 saturated heterocycles. The van der Waals surface area contributed by atoms with Gasteiger partial charge in [-0.15, -0.1) is 5.73 Å². The van der Waals surface area contributed by atoms with Gasteiger partial charge in [-0.1, -0.05) is 192 Å². The molecule has 0 aromatic heterocycles. The lowest BCUT2D eigenvalue weighted by Crippen LogP contribution is -2.01. The zero-order chi connectivity index (χ0) is 39.5. The van der Waals surface area contributed by atoms with E-state index in [9.17, 15) is 4.79 Å². The third kappa shape index (κ3) is 25.9. The van der Waals surface area contributed by atoms with Crippen molar-refractivity contribution < 1.29 is 4.79 Å². The molecule has 0 bridgehead atoms. The van der Waals surface area contributed by atoms with E-state index in [1.54, 1.807) is 0 Å². The van der Waals surface area contributed by atoms with Crippen molar-refractivity contribution in [1.82, 2.24) is 5.32 Å². The molecule has 0 aliphatic rings. The summed E-state index contributed by atoms with van der Waals surface area (Å²) in [5.74, 6) is 0. The molecule has 2 N–H and O–H groups in total. The average molecular weight is 709 g/mol. The molecule has 0 fully saturated rings. The van der Waals surface area contributed by atoms with Crippen molar-refractivity contribution in [2.75, 3.05) is 19.4 Å². The van der Waals surface area contributed by atoms with Crippen LogP contribution < -0.4 is 10.6 Å². The molecular formula is C50H64N2O. The van der Waals surface area contributed by atoms with Gasteiger partial charge in [-0.3, -0.25) is 4.79 Å². The highest BCUT2D eigenvalue weighted by Gasteiger charge is 1.92. The Morgan fingerprint density at radius 2 is 1.13 bits per heavy atom. The van der Waals surface area contributed by atoms with Crippen LogP contribution in [0, 0.1) is 13.8 Å². The first kappa shape index (κ1) is 47.4. The fourth-order valence-electron chi connectivity index (χ4n) is 3.91. The SMILES string of the molecule is C=C(CC)NC.C=C=C(C)Cc1ccccc1.CCCC.CNc1ccc(/C=C/c2ccccc2)cc1.Cc1ccccc1.Cc1ccccc1C=O. The third-order valence-electron chi connectivity index (χ3n) is 7.62. The average Bonchev–Trinajstić information content (AvgIpc) is 3.22. The van der Waals surface area contributed by atoms with Gasteiger partial charge in [0.15, 0.2) is 0 Å². The molecule has 280 valence electrons. The third-order valence-corrected chi connectivity index (χ3v) is 7.62. The standard InChI is InChI=1S/C15H15N.C11H12.C8H8O.C7H8.C5H11N.C4H10/c1-16-15-11-9-14(10-12-15)8-7-13-5-3-2-4-6-13;1-3-10(2)9-11-7-5-4-6-8-11;1-7-4-2-3-5-8(7)6-9;1-7-5-3-2-4-6-7;1-4-5(2)6-3;1-3-4-2/h2-12,16H,1H3;4-8H,1,9H2,2H3;2-6H,1H3;2-6H,1H3;6H,2,4H2,1,3H3;3-4H2,1-2H3/b8-7+;;;;;. The van der Waals surface area contributed by atoms with Crippen molar-refractivity contribution in [2.45, 2.75) is 67.2 Å². The van der Waals surface area contributed by atoms with Crippen LogP contribution in [0.1, 0.15) is 85.1 Å². The van der Waals surface area contributed by atoms with Crippen LogP contribution in [0.15, 0.2) is 170 Å². The second-order valence-corrected chi connectivity index (χ2v) is 12.1. The Bertz CT molecular complexity index is 1690. The summed E-state index contributed by atoms with van der Waals surface area (Å²) in [5, 5.41) is 6.02. The molecular weight excluding hydrogens is 645 g/mol. The summed E-state index contributed by atoms with van der Waals surface area (Å²) in [6.07, 6.45) is 9.74. The van der Waals surface area contributed by atoms with Crippen LogP contribution in [0.4, 0.5) is 5.69 Å². The fourth-order valence-corrected chi connectivity index (χ4v) is 3.91. The Kier molecular flexibility index (Phi) is 28.9. The first-order valence-corrected chi connectivity index (χ1v) is 18.5. The topological polar surface area (TPSA) is 41.1 Å². The molecule has 5 aromatic rings. The summed E-state index contributed by atoms with van der Waals surface area (Å²) in [4.78, 5) is 10.2. The summed E-state index contributed by atoms with van der Waals surface area (Å²) >= 11 is 0. The van der Waals surface area contributed by atoms with Crippen LogP contribution in [0.2, 0.25) is 0 Å². The minimum Gasteiger partial charge on any atom is -0.392 e. The molecule has 0 saturated carbocycles. The van der Waals surface area contributed by atoms with Gasteiger partial charge in [0.1, 0.15) is 6.29 Å². The van der Waals surface area contributed by atoms with Crippen molar-refractivity contribution in [3.8, 4) is 0 Å². The van der Waals surface area contributed by atoms with Crippen LogP contribution >= 0.6 is 0 Å². The number of anilines is 1. The number of aryl methyl sites for hydroxylation is 2. The Morgan fingerprint density at radius 3 is 1.49 bits per heavy atom. The molecule has 0 amide bonds. The molecule has 0 aliphatic heterocycles. The maximum Gasteiger partial charge on any atom is 0.150 e. The highest BCUT2D eigenvalue weighted by atomic mass is 16.1. The molecule has 0 atom stereocenters. The van der Waals surface area contributed by atoms with Gasteiger partial charge in [0.2, 0.25) is 0 Å². The maximum absolute atomic E-state index is 10.2. The normalized spacial score (nSPS) is 9.13. The van der Waals surface area contributed by atoms with E-state index in [0.29, 0.717) is 0 Å². The summed E-state index contributed by atoms with van der Waals surface area (Å²) in [5.41, 5.74) is 13.2. The molecule has 5 rings (SSSR count). The van der Waals surface area contributed by atoms with Crippen LogP contribution in [0.25, 0.3) is 12.2 Å². The van der Waals surface area contributed by atoms with Crippen LogP contribution in [0.3, 0.4) is 0 Å². The van der Waals surface area contributed by atoms with Gasteiger partial charge in [0.25, 0.3) is 0 Å². The minimum atomic E-state index is 0.775. The molecule has 3 nitrogen and oxygen atoms in total. The number of carbonyl (C=O) groups excluding carboxylic acids is 1. The van der Waals surface area contributed by atoms with Crippen molar-refractivity contribution in [3.05, 3.63) is 203 Å². The highest BCUT2D eigenvalue weighted by molar-refractivity contribution is 5.76. The minimum absolute atomic E-state index is 0.775. The second kappa shape index (κ2) is 32.3. The van der Waals surface area contributed by atoms with Gasteiger partial charge in [-0.05, 0) is 67.2 Å². The number of aldehydes is 1. The molecule has 0 heterocycles. The first-order valence-electron chi connectivity index (χ1n) is 18.5. The summed E-state index contributed by atoms with van der Waals surface area (Å²) < 4.78 is 0. The Hall–Kier alpha value is -5.63. The number of allylic oxidation sites excluding steroid dienone is 2. The monoisotopic (exact) mass is 709 g/mol. The molecule has 0 aliphatic carbocycles. The number of hydrogen-bond donors (Lipinski definition) is 2. The van der Waals surface area contributed by atoms with E-state index < -0.39 is 0 Å². The lowest BCUT2D eigenvalue weighted by Gasteiger charge is -1.99. The van der Waals surface area contributed by atoms with E-state index in [2.05, 4.69) is 130 Å². The van der Waals surface area contributed by atoms with Gasteiger partial charge >= 0.3 is 0 Å². The summed E-state index contributed by atoms with van der Waals surface area (Å²) in [6, 6.07) is 46.8. The first-order chi connectivity index (χ1) is 25.7. The maximum atomic E-state index is 10.2. The predicted octanol–water partition coefficient (Wildman–Crippen LogP) is 13.6. The molecule has 5 aromatic carbocycles. The summed E-state index contributed by atoms with van der Waals surface area (Å²) in [7, 11) is 3.81. The van der Waals surface area contributed by atoms with Crippen molar-refractivity contribution in [3.63, 3.8) is 0 Å². The van der Waals surface area contributed by atoms with Crippen molar-refractivity contribution >= 4 is 24.1 Å². The number of carbonyl (C=O) groups is 1. The van der Waals surface area contributed by atoms with Crippen molar-refractivity contribution in [1.29, 1.82) is 0 Å². The predicted molar refractivity (Wildman–Crippen MR) is 237 cm³/mol. The number of rotatable bonds is 9. The van der Waals surface area contributed by atoms with E-state index in [1.807, 2.05) is 107 Å². The van der Waals surface area contributed by atoms with E-state index in [1.165, 1.54) is 40.7 Å². The van der Waals surface area contributed by atoms with E-state index in [4.69, 9.17) is 0 Å². The van der Waals surface area contributed by atoms with Crippen LogP contribution in [0.5, 0.6) is 0 Å². The number of hydrogen-bond acceptors (Lipinski definition) is 3. The molecule has 0 radical (unpaired) electrons. The van der Waals surface area contributed by atoms with E-state index >= 15 is 0 Å². The molecule has 0 spiro atoms. The van der Waals surface area contributed by atoms with Gasteiger partial charge in [-0.2, -0.15) is 0 Å². The van der Waals surface area contributed by atoms with Crippen molar-refractivity contribution in [2.24, 2.45) is 0 Å². The van der Waals surface area contributed by atoms with Crippen LogP contribution in [-0.2, 0) is 6.42 Å². The smallest absolute Gasteiger partial charge is 0.150 e. The highest BCUT2D eigenvalue weighted by Crippen LogP contribution is 2.12. The number of nitrogens with one attached hydrogen (secondary N) is 2. The largest absolute Gasteiger partial charge is 0.392 e. The van der Waals surface area contributed by atoms with E-state index in [-0.39, 0.29) is 0 Å².